The van der Waals surface area contributed by atoms with Gasteiger partial charge in [0.1, 0.15) is 5.75 Å². The summed E-state index contributed by atoms with van der Waals surface area (Å²) in [7, 11) is -4.00. The number of carbonyl (C=O) groups excluding carboxylic acids is 1. The first-order valence-electron chi connectivity index (χ1n) is 6.02. The molecule has 0 aliphatic carbocycles. The Balaban J connectivity index is 2.75. The van der Waals surface area contributed by atoms with Gasteiger partial charge in [-0.3, -0.25) is 9.45 Å². The fraction of sp³-hybridized carbons (Fsp3) is 0.417. The molecule has 0 aliphatic heterocycles. The molecule has 0 aliphatic rings. The van der Waals surface area contributed by atoms with Crippen LogP contribution in [0.4, 0.5) is 10.5 Å². The Bertz CT molecular complexity index is 586. The van der Waals surface area contributed by atoms with Gasteiger partial charge in [-0.1, -0.05) is 6.07 Å². The second-order valence-electron chi connectivity index (χ2n) is 4.45. The van der Waals surface area contributed by atoms with E-state index in [0.29, 0.717) is 12.1 Å². The molecule has 20 heavy (non-hydrogen) atoms. The highest BCUT2D eigenvalue weighted by molar-refractivity contribution is 7.85. The number of nitrogens with two attached hydrogens (primary N) is 1. The molecule has 8 heteroatoms. The SMILES string of the molecule is Cc1ccc(O)cc1N(CCCCS(=O)(=O)O)C(N)=O. The van der Waals surface area contributed by atoms with Crippen molar-refractivity contribution in [1.82, 2.24) is 0 Å². The number of carbonyl (C=O) groups is 1. The number of aromatic hydroxyl groups is 1. The number of anilines is 1. The third-order valence-corrected chi connectivity index (χ3v) is 3.59. The molecule has 0 spiro atoms. The summed E-state index contributed by atoms with van der Waals surface area (Å²) in [5, 5.41) is 9.46. The van der Waals surface area contributed by atoms with Gasteiger partial charge in [0.15, 0.2) is 0 Å². The van der Waals surface area contributed by atoms with Gasteiger partial charge >= 0.3 is 6.03 Å². The summed E-state index contributed by atoms with van der Waals surface area (Å²) in [4.78, 5) is 12.7. The maximum atomic E-state index is 11.5. The summed E-state index contributed by atoms with van der Waals surface area (Å²) in [6, 6.07) is 3.88. The summed E-state index contributed by atoms with van der Waals surface area (Å²) >= 11 is 0. The number of amides is 2. The molecule has 2 amide bonds. The normalized spacial score (nSPS) is 11.3. The van der Waals surface area contributed by atoms with Crippen molar-refractivity contribution in [2.45, 2.75) is 19.8 Å². The van der Waals surface area contributed by atoms with Gasteiger partial charge in [-0.15, -0.1) is 0 Å². The maximum Gasteiger partial charge on any atom is 0.319 e. The average Bonchev–Trinajstić information content (AvgIpc) is 2.31. The summed E-state index contributed by atoms with van der Waals surface area (Å²) in [6.45, 7) is 1.97. The Morgan fingerprint density at radius 3 is 2.55 bits per heavy atom. The number of benzene rings is 1. The Hall–Kier alpha value is -1.80. The lowest BCUT2D eigenvalue weighted by Crippen LogP contribution is -2.37. The molecular weight excluding hydrogens is 284 g/mol. The highest BCUT2D eigenvalue weighted by Crippen LogP contribution is 2.25. The predicted molar refractivity (Wildman–Crippen MR) is 75.4 cm³/mol. The van der Waals surface area contributed by atoms with E-state index in [0.717, 1.165) is 5.56 Å². The number of primary amides is 1. The first kappa shape index (κ1) is 16.3. The Kier molecular flexibility index (Phi) is 5.34. The standard InChI is InChI=1S/C12H18N2O5S/c1-9-4-5-10(15)8-11(9)14(12(13)16)6-2-3-7-20(17,18)19/h4-5,8,15H,2-3,6-7H2,1H3,(H2,13,16)(H,17,18,19). The molecule has 0 radical (unpaired) electrons. The van der Waals surface area contributed by atoms with Crippen LogP contribution in [-0.2, 0) is 10.1 Å². The zero-order valence-electron chi connectivity index (χ0n) is 11.1. The summed E-state index contributed by atoms with van der Waals surface area (Å²) in [5.74, 6) is -0.353. The number of phenolic OH excluding ortho intramolecular Hbond substituents is 1. The zero-order valence-corrected chi connectivity index (χ0v) is 11.9. The number of unbranched alkanes of at least 4 members (excludes halogenated alkanes) is 1. The van der Waals surface area contributed by atoms with E-state index in [2.05, 4.69) is 0 Å². The Morgan fingerprint density at radius 2 is 2.00 bits per heavy atom. The van der Waals surface area contributed by atoms with Gasteiger partial charge in [0.25, 0.3) is 10.1 Å². The quantitative estimate of drug-likeness (QED) is 0.539. The molecule has 7 nitrogen and oxygen atoms in total. The minimum absolute atomic E-state index is 0.00906. The molecule has 112 valence electrons. The molecule has 0 saturated carbocycles. The van der Waals surface area contributed by atoms with E-state index >= 15 is 0 Å². The van der Waals surface area contributed by atoms with Crippen molar-refractivity contribution >= 4 is 21.8 Å². The van der Waals surface area contributed by atoms with Crippen molar-refractivity contribution in [1.29, 1.82) is 0 Å². The van der Waals surface area contributed by atoms with Crippen molar-refractivity contribution in [2.24, 2.45) is 5.73 Å². The van der Waals surface area contributed by atoms with Crippen LogP contribution in [0.15, 0.2) is 18.2 Å². The Morgan fingerprint density at radius 1 is 1.35 bits per heavy atom. The van der Waals surface area contributed by atoms with E-state index in [9.17, 15) is 18.3 Å². The molecule has 0 saturated heterocycles. The van der Waals surface area contributed by atoms with Crippen LogP contribution in [-0.4, -0.2) is 36.4 Å². The summed E-state index contributed by atoms with van der Waals surface area (Å²) in [5.41, 5.74) is 6.53. The lowest BCUT2D eigenvalue weighted by molar-refractivity contribution is 0.254. The molecule has 1 aromatic carbocycles. The molecule has 0 heterocycles. The van der Waals surface area contributed by atoms with Crippen molar-refractivity contribution in [3.8, 4) is 5.75 Å². The molecule has 0 atom stereocenters. The number of aryl methyl sites for hydroxylation is 1. The lowest BCUT2D eigenvalue weighted by atomic mass is 10.1. The van der Waals surface area contributed by atoms with Crippen LogP contribution in [0.3, 0.4) is 0 Å². The minimum Gasteiger partial charge on any atom is -0.508 e. The number of urea groups is 1. The van der Waals surface area contributed by atoms with Gasteiger partial charge in [-0.25, -0.2) is 4.79 Å². The monoisotopic (exact) mass is 302 g/mol. The number of hydrogen-bond donors (Lipinski definition) is 3. The van der Waals surface area contributed by atoms with Gasteiger partial charge in [0.2, 0.25) is 0 Å². The topological polar surface area (TPSA) is 121 Å². The second kappa shape index (κ2) is 6.58. The highest BCUT2D eigenvalue weighted by Gasteiger charge is 2.15. The van der Waals surface area contributed by atoms with E-state index in [1.54, 1.807) is 13.0 Å². The maximum absolute atomic E-state index is 11.5. The van der Waals surface area contributed by atoms with Crippen molar-refractivity contribution in [2.75, 3.05) is 17.2 Å². The van der Waals surface area contributed by atoms with Crippen LogP contribution < -0.4 is 10.6 Å². The van der Waals surface area contributed by atoms with Gasteiger partial charge in [-0.05, 0) is 31.4 Å². The smallest absolute Gasteiger partial charge is 0.319 e. The van der Waals surface area contributed by atoms with Crippen LogP contribution in [0.2, 0.25) is 0 Å². The number of nitrogens with zero attached hydrogens (tertiary/aromatic N) is 1. The van der Waals surface area contributed by atoms with E-state index in [-0.39, 0.29) is 24.5 Å². The molecule has 0 aromatic heterocycles. The molecule has 1 aromatic rings. The van der Waals surface area contributed by atoms with Crippen LogP contribution >= 0.6 is 0 Å². The summed E-state index contributed by atoms with van der Waals surface area (Å²) < 4.78 is 29.8. The second-order valence-corrected chi connectivity index (χ2v) is 6.03. The fourth-order valence-corrected chi connectivity index (χ4v) is 2.36. The van der Waals surface area contributed by atoms with Gasteiger partial charge < -0.3 is 10.8 Å². The van der Waals surface area contributed by atoms with Gasteiger partial charge in [-0.2, -0.15) is 8.42 Å². The van der Waals surface area contributed by atoms with E-state index < -0.39 is 16.1 Å². The lowest BCUT2D eigenvalue weighted by Gasteiger charge is -2.22. The number of hydrogen-bond acceptors (Lipinski definition) is 4. The minimum atomic E-state index is -4.00. The highest BCUT2D eigenvalue weighted by atomic mass is 32.2. The molecule has 1 rings (SSSR count). The van der Waals surface area contributed by atoms with Crippen molar-refractivity contribution in [3.63, 3.8) is 0 Å². The molecular formula is C12H18N2O5S. The number of phenols is 1. The number of rotatable bonds is 6. The molecule has 0 unspecified atom stereocenters. The molecule has 4 N–H and O–H groups in total. The zero-order chi connectivity index (χ0) is 15.3. The largest absolute Gasteiger partial charge is 0.508 e. The van der Waals surface area contributed by atoms with E-state index in [4.69, 9.17) is 10.3 Å². The summed E-state index contributed by atoms with van der Waals surface area (Å²) in [6.07, 6.45) is 0.568. The van der Waals surface area contributed by atoms with Crippen LogP contribution in [0.5, 0.6) is 5.75 Å². The first-order chi connectivity index (χ1) is 9.20. The first-order valence-corrected chi connectivity index (χ1v) is 7.63. The van der Waals surface area contributed by atoms with Crippen molar-refractivity contribution < 1.29 is 22.9 Å². The van der Waals surface area contributed by atoms with Crippen LogP contribution in [0, 0.1) is 6.92 Å². The van der Waals surface area contributed by atoms with E-state index in [1.807, 2.05) is 0 Å². The van der Waals surface area contributed by atoms with Gasteiger partial charge in [0.05, 0.1) is 11.4 Å². The van der Waals surface area contributed by atoms with E-state index in [1.165, 1.54) is 17.0 Å². The van der Waals surface area contributed by atoms with Gasteiger partial charge in [0, 0.05) is 12.6 Å². The third-order valence-electron chi connectivity index (χ3n) is 2.78. The third kappa shape index (κ3) is 5.06. The molecule has 0 bridgehead atoms. The predicted octanol–water partition coefficient (Wildman–Crippen LogP) is 1.25. The van der Waals surface area contributed by atoms with Crippen LogP contribution in [0.1, 0.15) is 18.4 Å². The van der Waals surface area contributed by atoms with Crippen molar-refractivity contribution in [3.05, 3.63) is 23.8 Å². The average molecular weight is 302 g/mol. The fourth-order valence-electron chi connectivity index (χ4n) is 1.79. The molecule has 0 fully saturated rings. The Labute approximate surface area is 117 Å². The van der Waals surface area contributed by atoms with Crippen LogP contribution in [0.25, 0.3) is 0 Å².